The zero-order valence-corrected chi connectivity index (χ0v) is 15.7. The molecule has 0 saturated carbocycles. The van der Waals surface area contributed by atoms with Gasteiger partial charge in [0.1, 0.15) is 0 Å². The van der Waals surface area contributed by atoms with Gasteiger partial charge >= 0.3 is 0 Å². The fourth-order valence-electron chi connectivity index (χ4n) is 3.36. The second-order valence-corrected chi connectivity index (χ2v) is 7.29. The van der Waals surface area contributed by atoms with E-state index in [0.29, 0.717) is 6.42 Å². The third-order valence-electron chi connectivity index (χ3n) is 4.88. The molecular weight excluding hydrogens is 346 g/mol. The molecule has 1 aliphatic heterocycles. The molecule has 2 aromatic carbocycles. The monoisotopic (exact) mass is 371 g/mol. The van der Waals surface area contributed by atoms with Crippen LogP contribution in [0.4, 0.5) is 0 Å². The summed E-state index contributed by atoms with van der Waals surface area (Å²) in [6.07, 6.45) is 1.35. The average Bonchev–Trinajstić information content (AvgIpc) is 2.90. The summed E-state index contributed by atoms with van der Waals surface area (Å²) in [5, 5.41) is 0.760. The number of nitrogens with two attached hydrogens (primary N) is 1. The molecule has 0 spiro atoms. The Morgan fingerprint density at radius 3 is 2.46 bits per heavy atom. The summed E-state index contributed by atoms with van der Waals surface area (Å²) in [4.78, 5) is 17.0. The number of benzene rings is 2. The Labute approximate surface area is 160 Å². The minimum Gasteiger partial charge on any atom is -0.341 e. The molecule has 3 rings (SSSR count). The van der Waals surface area contributed by atoms with Crippen molar-refractivity contribution >= 4 is 17.5 Å². The van der Waals surface area contributed by atoms with Crippen molar-refractivity contribution in [1.29, 1.82) is 0 Å². The van der Waals surface area contributed by atoms with Gasteiger partial charge in [0, 0.05) is 50.2 Å². The van der Waals surface area contributed by atoms with Crippen molar-refractivity contribution in [1.82, 2.24) is 9.80 Å². The molecular formula is C21H26ClN3O. The Balaban J connectivity index is 1.51. The highest BCUT2D eigenvalue weighted by Crippen LogP contribution is 2.17. The first-order chi connectivity index (χ1) is 12.6. The first kappa shape index (κ1) is 18.9. The lowest BCUT2D eigenvalue weighted by Gasteiger charge is -2.23. The van der Waals surface area contributed by atoms with Gasteiger partial charge < -0.3 is 10.6 Å². The quantitative estimate of drug-likeness (QED) is 0.875. The number of hydrogen-bond donors (Lipinski definition) is 1. The van der Waals surface area contributed by atoms with E-state index in [1.54, 1.807) is 0 Å². The van der Waals surface area contributed by atoms with Crippen LogP contribution in [0.3, 0.4) is 0 Å². The Kier molecular flexibility index (Phi) is 6.67. The fraction of sp³-hybridized carbons (Fsp3) is 0.381. The maximum absolute atomic E-state index is 12.6. The molecule has 1 unspecified atom stereocenters. The van der Waals surface area contributed by atoms with E-state index in [1.807, 2.05) is 47.4 Å². The van der Waals surface area contributed by atoms with Crippen LogP contribution in [-0.2, 0) is 11.3 Å². The standard InChI is InChI=1S/C21H26ClN3O/c22-19-9-7-17(8-10-19)16-24-11-4-12-25(14-13-24)21(26)15-20(23)18-5-2-1-3-6-18/h1-3,5-10,20H,4,11-16,23H2. The number of hydrogen-bond acceptors (Lipinski definition) is 3. The van der Waals surface area contributed by atoms with E-state index >= 15 is 0 Å². The van der Waals surface area contributed by atoms with Crippen LogP contribution < -0.4 is 5.73 Å². The van der Waals surface area contributed by atoms with E-state index in [2.05, 4.69) is 17.0 Å². The van der Waals surface area contributed by atoms with Crippen molar-refractivity contribution in [2.24, 2.45) is 5.73 Å². The number of amides is 1. The molecule has 138 valence electrons. The third kappa shape index (κ3) is 5.31. The van der Waals surface area contributed by atoms with Crippen molar-refractivity contribution in [3.8, 4) is 0 Å². The van der Waals surface area contributed by atoms with Crippen molar-refractivity contribution in [2.45, 2.75) is 25.4 Å². The smallest absolute Gasteiger partial charge is 0.224 e. The maximum Gasteiger partial charge on any atom is 0.224 e. The molecule has 2 N–H and O–H groups in total. The molecule has 5 heteroatoms. The van der Waals surface area contributed by atoms with Crippen LogP contribution in [0.5, 0.6) is 0 Å². The van der Waals surface area contributed by atoms with Crippen LogP contribution in [0.2, 0.25) is 5.02 Å². The van der Waals surface area contributed by atoms with Gasteiger partial charge in [0.2, 0.25) is 5.91 Å². The molecule has 1 amide bonds. The number of halogens is 1. The topological polar surface area (TPSA) is 49.6 Å². The highest BCUT2D eigenvalue weighted by molar-refractivity contribution is 6.30. The average molecular weight is 372 g/mol. The van der Waals surface area contributed by atoms with E-state index in [-0.39, 0.29) is 11.9 Å². The molecule has 1 atom stereocenters. The summed E-state index contributed by atoms with van der Waals surface area (Å²) in [7, 11) is 0. The summed E-state index contributed by atoms with van der Waals surface area (Å²) in [6, 6.07) is 17.6. The highest BCUT2D eigenvalue weighted by atomic mass is 35.5. The van der Waals surface area contributed by atoms with Gasteiger partial charge in [-0.15, -0.1) is 0 Å². The Morgan fingerprint density at radius 2 is 1.73 bits per heavy atom. The minimum atomic E-state index is -0.239. The first-order valence-electron chi connectivity index (χ1n) is 9.17. The minimum absolute atomic E-state index is 0.148. The molecule has 4 nitrogen and oxygen atoms in total. The predicted octanol–water partition coefficient (Wildman–Crippen LogP) is 3.46. The van der Waals surface area contributed by atoms with Gasteiger partial charge in [-0.3, -0.25) is 9.69 Å². The third-order valence-corrected chi connectivity index (χ3v) is 5.13. The van der Waals surface area contributed by atoms with Gasteiger partial charge in [0.25, 0.3) is 0 Å². The lowest BCUT2D eigenvalue weighted by molar-refractivity contribution is -0.131. The van der Waals surface area contributed by atoms with E-state index in [9.17, 15) is 4.79 Å². The highest BCUT2D eigenvalue weighted by Gasteiger charge is 2.21. The first-order valence-corrected chi connectivity index (χ1v) is 9.55. The lowest BCUT2D eigenvalue weighted by atomic mass is 10.0. The Hall–Kier alpha value is -1.88. The summed E-state index contributed by atoms with van der Waals surface area (Å²) >= 11 is 5.95. The molecule has 1 fully saturated rings. The van der Waals surface area contributed by atoms with Crippen LogP contribution >= 0.6 is 11.6 Å². The molecule has 2 aromatic rings. The fourth-order valence-corrected chi connectivity index (χ4v) is 3.49. The van der Waals surface area contributed by atoms with Crippen molar-refractivity contribution in [2.75, 3.05) is 26.2 Å². The Bertz CT molecular complexity index is 705. The number of nitrogens with zero attached hydrogens (tertiary/aromatic N) is 2. The zero-order valence-electron chi connectivity index (χ0n) is 15.0. The number of rotatable bonds is 5. The van der Waals surface area contributed by atoms with Gasteiger partial charge in [-0.2, -0.15) is 0 Å². The summed E-state index contributed by atoms with van der Waals surface area (Å²) in [5.41, 5.74) is 8.48. The van der Waals surface area contributed by atoms with Gasteiger partial charge in [0.15, 0.2) is 0 Å². The molecule has 0 bridgehead atoms. The summed E-state index contributed by atoms with van der Waals surface area (Å²) in [6.45, 7) is 4.33. The SMILES string of the molecule is NC(CC(=O)N1CCCN(Cc2ccc(Cl)cc2)CC1)c1ccccc1. The van der Waals surface area contributed by atoms with Crippen molar-refractivity contribution < 1.29 is 4.79 Å². The summed E-state index contributed by atoms with van der Waals surface area (Å²) in [5.74, 6) is 0.148. The second-order valence-electron chi connectivity index (χ2n) is 6.86. The Morgan fingerprint density at radius 1 is 1.00 bits per heavy atom. The van der Waals surface area contributed by atoms with Crippen LogP contribution in [0.1, 0.15) is 30.0 Å². The molecule has 26 heavy (non-hydrogen) atoms. The number of carbonyl (C=O) groups excluding carboxylic acids is 1. The van der Waals surface area contributed by atoms with E-state index in [4.69, 9.17) is 17.3 Å². The van der Waals surface area contributed by atoms with E-state index in [1.165, 1.54) is 5.56 Å². The van der Waals surface area contributed by atoms with Crippen molar-refractivity contribution in [3.05, 3.63) is 70.7 Å². The van der Waals surface area contributed by atoms with Crippen LogP contribution in [0.25, 0.3) is 0 Å². The second kappa shape index (κ2) is 9.17. The number of carbonyl (C=O) groups is 1. The van der Waals surface area contributed by atoms with Crippen molar-refractivity contribution in [3.63, 3.8) is 0 Å². The van der Waals surface area contributed by atoms with Gasteiger partial charge in [-0.25, -0.2) is 0 Å². The summed E-state index contributed by atoms with van der Waals surface area (Å²) < 4.78 is 0. The molecule has 1 saturated heterocycles. The predicted molar refractivity (Wildman–Crippen MR) is 106 cm³/mol. The largest absolute Gasteiger partial charge is 0.341 e. The normalized spacial score (nSPS) is 16.9. The van der Waals surface area contributed by atoms with E-state index < -0.39 is 0 Å². The van der Waals surface area contributed by atoms with Crippen LogP contribution in [0, 0.1) is 0 Å². The zero-order chi connectivity index (χ0) is 18.4. The van der Waals surface area contributed by atoms with Gasteiger partial charge in [0.05, 0.1) is 0 Å². The lowest BCUT2D eigenvalue weighted by Crippen LogP contribution is -2.36. The molecule has 1 heterocycles. The molecule has 0 aromatic heterocycles. The van der Waals surface area contributed by atoms with E-state index in [0.717, 1.165) is 49.7 Å². The molecule has 1 aliphatic rings. The van der Waals surface area contributed by atoms with Crippen LogP contribution in [0.15, 0.2) is 54.6 Å². The van der Waals surface area contributed by atoms with Gasteiger partial charge in [-0.05, 0) is 29.7 Å². The molecule has 0 radical (unpaired) electrons. The molecule has 0 aliphatic carbocycles. The van der Waals surface area contributed by atoms with Gasteiger partial charge in [-0.1, -0.05) is 54.1 Å². The maximum atomic E-state index is 12.6. The van der Waals surface area contributed by atoms with Crippen LogP contribution in [-0.4, -0.2) is 41.9 Å².